The van der Waals surface area contributed by atoms with Gasteiger partial charge in [0.05, 0.1) is 15.6 Å². The van der Waals surface area contributed by atoms with Gasteiger partial charge in [0.2, 0.25) is 0 Å². The number of rotatable bonds is 2. The monoisotopic (exact) mass is 341 g/mol. The summed E-state index contributed by atoms with van der Waals surface area (Å²) in [5, 5.41) is 11.3. The number of thiazole rings is 1. The Kier molecular flexibility index (Phi) is 3.39. The molecule has 0 saturated carbocycles. The lowest BCUT2D eigenvalue weighted by Crippen LogP contribution is -1.91. The highest BCUT2D eigenvalue weighted by molar-refractivity contribution is 7.17. The van der Waals surface area contributed by atoms with Crippen LogP contribution in [0.5, 0.6) is 0 Å². The quantitative estimate of drug-likeness (QED) is 0.492. The number of benzene rings is 1. The number of halogens is 2. The fraction of sp³-hybridized carbons (Fsp3) is 0.154. The van der Waals surface area contributed by atoms with Gasteiger partial charge >= 0.3 is 0 Å². The van der Waals surface area contributed by atoms with Crippen LogP contribution in [0.3, 0.4) is 0 Å². The summed E-state index contributed by atoms with van der Waals surface area (Å²) in [7, 11) is 0. The van der Waals surface area contributed by atoms with E-state index in [0.29, 0.717) is 16.3 Å². The first-order valence-corrected chi connectivity index (χ1v) is 7.54. The van der Waals surface area contributed by atoms with Crippen LogP contribution in [0.1, 0.15) is 10.6 Å². The third-order valence-electron chi connectivity index (χ3n) is 3.30. The Morgan fingerprint density at radius 3 is 2.62 bits per heavy atom. The molecule has 5 nitrogen and oxygen atoms in total. The summed E-state index contributed by atoms with van der Waals surface area (Å²) in [4.78, 5) is 17.0. The van der Waals surface area contributed by atoms with E-state index in [-0.39, 0.29) is 10.7 Å². The Hall–Kier alpha value is -1.63. The van der Waals surface area contributed by atoms with E-state index < -0.39 is 4.92 Å². The van der Waals surface area contributed by atoms with Crippen LogP contribution in [0.2, 0.25) is 10.0 Å². The molecule has 0 bridgehead atoms. The molecule has 8 heteroatoms. The molecule has 0 unspecified atom stereocenters. The molecule has 0 fully saturated rings. The van der Waals surface area contributed by atoms with Gasteiger partial charge in [-0.2, -0.15) is 0 Å². The van der Waals surface area contributed by atoms with Gasteiger partial charge in [-0.05, 0) is 19.9 Å². The highest BCUT2D eigenvalue weighted by Gasteiger charge is 2.19. The molecule has 0 saturated heterocycles. The standard InChI is InChI=1S/C13H9Cl2N3O2S/c1-6-7(2)21-13-16-11(5-17(6)13)8-3-12(18(19)20)10(15)4-9(8)14/h3-5H,1-2H3. The van der Waals surface area contributed by atoms with E-state index in [4.69, 9.17) is 23.2 Å². The molecule has 2 aromatic heterocycles. The summed E-state index contributed by atoms with van der Waals surface area (Å²) in [6.07, 6.45) is 1.83. The van der Waals surface area contributed by atoms with E-state index in [1.54, 1.807) is 11.3 Å². The molecule has 2 heterocycles. The second-order valence-corrected chi connectivity index (χ2v) is 6.56. The zero-order valence-corrected chi connectivity index (χ0v) is 13.4. The molecule has 0 N–H and O–H groups in total. The van der Waals surface area contributed by atoms with E-state index in [1.165, 1.54) is 17.0 Å². The fourth-order valence-electron chi connectivity index (χ4n) is 2.06. The normalized spacial score (nSPS) is 11.2. The van der Waals surface area contributed by atoms with Crippen molar-refractivity contribution in [3.63, 3.8) is 0 Å². The summed E-state index contributed by atoms with van der Waals surface area (Å²) < 4.78 is 1.95. The van der Waals surface area contributed by atoms with E-state index in [9.17, 15) is 10.1 Å². The molecule has 1 aromatic carbocycles. The smallest absolute Gasteiger partial charge is 0.288 e. The highest BCUT2D eigenvalue weighted by Crippen LogP contribution is 2.37. The van der Waals surface area contributed by atoms with Crippen LogP contribution >= 0.6 is 34.5 Å². The number of nitro benzene ring substituents is 1. The lowest BCUT2D eigenvalue weighted by molar-refractivity contribution is -0.384. The van der Waals surface area contributed by atoms with Crippen molar-refractivity contribution in [3.05, 3.63) is 49.1 Å². The fourth-order valence-corrected chi connectivity index (χ4v) is 3.56. The minimum atomic E-state index is -0.532. The van der Waals surface area contributed by atoms with E-state index >= 15 is 0 Å². The molecule has 0 amide bonds. The predicted molar refractivity (Wildman–Crippen MR) is 84.7 cm³/mol. The Bertz CT molecular complexity index is 885. The van der Waals surface area contributed by atoms with Gasteiger partial charge in [0.15, 0.2) is 4.96 Å². The number of nitrogens with zero attached hydrogens (tertiary/aromatic N) is 3. The van der Waals surface area contributed by atoms with Crippen LogP contribution in [0, 0.1) is 24.0 Å². The van der Waals surface area contributed by atoms with Crippen molar-refractivity contribution in [1.82, 2.24) is 9.38 Å². The molecule has 3 aromatic rings. The van der Waals surface area contributed by atoms with Gasteiger partial charge in [-0.15, -0.1) is 11.3 Å². The number of fused-ring (bicyclic) bond motifs is 1. The van der Waals surface area contributed by atoms with Crippen molar-refractivity contribution in [2.24, 2.45) is 0 Å². The third kappa shape index (κ3) is 2.29. The van der Waals surface area contributed by atoms with Crippen molar-refractivity contribution in [2.45, 2.75) is 13.8 Å². The van der Waals surface area contributed by atoms with Crippen LogP contribution in [-0.2, 0) is 0 Å². The maximum atomic E-state index is 11.0. The Morgan fingerprint density at radius 1 is 1.29 bits per heavy atom. The summed E-state index contributed by atoms with van der Waals surface area (Å²) in [5.41, 5.74) is 2.00. The van der Waals surface area contributed by atoms with Gasteiger partial charge in [-0.3, -0.25) is 14.5 Å². The molecule has 0 spiro atoms. The zero-order valence-electron chi connectivity index (χ0n) is 11.1. The Morgan fingerprint density at radius 2 is 2.00 bits per heavy atom. The molecule has 3 rings (SSSR count). The maximum absolute atomic E-state index is 11.0. The molecule has 0 aliphatic heterocycles. The first kappa shape index (κ1) is 14.3. The van der Waals surface area contributed by atoms with Crippen LogP contribution in [0.25, 0.3) is 16.2 Å². The van der Waals surface area contributed by atoms with Crippen molar-refractivity contribution < 1.29 is 4.92 Å². The zero-order chi connectivity index (χ0) is 15.3. The average molecular weight is 342 g/mol. The first-order valence-electron chi connectivity index (χ1n) is 5.97. The van der Waals surface area contributed by atoms with Crippen LogP contribution < -0.4 is 0 Å². The van der Waals surface area contributed by atoms with Crippen molar-refractivity contribution >= 4 is 45.2 Å². The number of nitro groups is 1. The van der Waals surface area contributed by atoms with Gasteiger partial charge in [0, 0.05) is 28.4 Å². The summed E-state index contributed by atoms with van der Waals surface area (Å²) in [5.74, 6) is 0. The minimum Gasteiger partial charge on any atom is -0.294 e. The van der Waals surface area contributed by atoms with Crippen molar-refractivity contribution in [2.75, 3.05) is 0 Å². The van der Waals surface area contributed by atoms with Gasteiger partial charge in [-0.1, -0.05) is 23.2 Å². The molecular formula is C13H9Cl2N3O2S. The van der Waals surface area contributed by atoms with Crippen LogP contribution in [-0.4, -0.2) is 14.3 Å². The molecule has 0 aliphatic carbocycles. The lowest BCUT2D eigenvalue weighted by Gasteiger charge is -2.02. The van der Waals surface area contributed by atoms with Crippen molar-refractivity contribution in [3.8, 4) is 11.3 Å². The van der Waals surface area contributed by atoms with Gasteiger partial charge in [-0.25, -0.2) is 4.98 Å². The Balaban J connectivity index is 2.22. The molecule has 108 valence electrons. The topological polar surface area (TPSA) is 60.4 Å². The van der Waals surface area contributed by atoms with Crippen molar-refractivity contribution in [1.29, 1.82) is 0 Å². The number of hydrogen-bond donors (Lipinski definition) is 0. The van der Waals surface area contributed by atoms with E-state index in [1.807, 2.05) is 24.4 Å². The van der Waals surface area contributed by atoms with Gasteiger partial charge in [0.25, 0.3) is 5.69 Å². The maximum Gasteiger partial charge on any atom is 0.288 e. The number of imidazole rings is 1. The average Bonchev–Trinajstić information content (AvgIpc) is 2.90. The number of aryl methyl sites for hydroxylation is 2. The SMILES string of the molecule is Cc1sc2nc(-c3cc([N+](=O)[O-])c(Cl)cc3Cl)cn2c1C. The van der Waals surface area contributed by atoms with Crippen LogP contribution in [0.4, 0.5) is 5.69 Å². The number of hydrogen-bond acceptors (Lipinski definition) is 4. The number of aromatic nitrogens is 2. The minimum absolute atomic E-state index is 0.0156. The second-order valence-electron chi connectivity index (χ2n) is 4.56. The lowest BCUT2D eigenvalue weighted by atomic mass is 10.1. The predicted octanol–water partition coefficient (Wildman–Crippen LogP) is 4.89. The van der Waals surface area contributed by atoms with E-state index in [2.05, 4.69) is 4.98 Å². The summed E-state index contributed by atoms with van der Waals surface area (Å²) in [6.45, 7) is 4.02. The molecule has 0 aliphatic rings. The van der Waals surface area contributed by atoms with Crippen LogP contribution in [0.15, 0.2) is 18.3 Å². The summed E-state index contributed by atoms with van der Waals surface area (Å²) >= 11 is 13.6. The second kappa shape index (κ2) is 4.98. The molecule has 21 heavy (non-hydrogen) atoms. The van der Waals surface area contributed by atoms with Gasteiger partial charge in [0.1, 0.15) is 5.02 Å². The molecule has 0 atom stereocenters. The Labute approximate surface area is 133 Å². The largest absolute Gasteiger partial charge is 0.294 e. The highest BCUT2D eigenvalue weighted by atomic mass is 35.5. The van der Waals surface area contributed by atoms with E-state index in [0.717, 1.165) is 10.7 Å². The third-order valence-corrected chi connectivity index (χ3v) is 4.99. The van der Waals surface area contributed by atoms with Gasteiger partial charge < -0.3 is 0 Å². The molecule has 0 radical (unpaired) electrons. The summed E-state index contributed by atoms with van der Waals surface area (Å²) in [6, 6.07) is 2.74. The first-order chi connectivity index (χ1) is 9.88. The molecular weight excluding hydrogens is 333 g/mol.